The zero-order valence-electron chi connectivity index (χ0n) is 9.19. The van der Waals surface area contributed by atoms with Crippen LogP contribution in [0, 0.1) is 0 Å². The van der Waals surface area contributed by atoms with Crippen molar-refractivity contribution in [3.05, 3.63) is 35.5 Å². The number of nitrogens with zero attached hydrogens (tertiary/aromatic N) is 1. The van der Waals surface area contributed by atoms with Crippen LogP contribution in [-0.2, 0) is 17.8 Å². The van der Waals surface area contributed by atoms with Crippen molar-refractivity contribution in [1.29, 1.82) is 0 Å². The summed E-state index contributed by atoms with van der Waals surface area (Å²) in [5, 5.41) is 1.19. The number of benzene rings is 1. The van der Waals surface area contributed by atoms with E-state index >= 15 is 0 Å². The van der Waals surface area contributed by atoms with Gasteiger partial charge in [0.2, 0.25) is 0 Å². The molecule has 3 nitrogen and oxygen atoms in total. The fourth-order valence-electron chi connectivity index (χ4n) is 2.17. The Morgan fingerprint density at radius 1 is 1.38 bits per heavy atom. The first-order valence-corrected chi connectivity index (χ1v) is 5.41. The van der Waals surface area contributed by atoms with Gasteiger partial charge in [0.25, 0.3) is 0 Å². The third-order valence-corrected chi connectivity index (χ3v) is 3.03. The van der Waals surface area contributed by atoms with Crippen molar-refractivity contribution in [3.63, 3.8) is 0 Å². The third kappa shape index (κ3) is 1.44. The van der Waals surface area contributed by atoms with E-state index in [1.807, 2.05) is 18.3 Å². The maximum atomic E-state index is 5.43. The summed E-state index contributed by atoms with van der Waals surface area (Å²) in [6.45, 7) is 1.47. The molecule has 0 amide bonds. The summed E-state index contributed by atoms with van der Waals surface area (Å²) in [7, 11) is 1.69. The van der Waals surface area contributed by atoms with Gasteiger partial charge in [0, 0.05) is 11.6 Å². The molecule has 0 atom stereocenters. The number of pyridine rings is 1. The lowest BCUT2D eigenvalue weighted by Crippen LogP contribution is -2.10. The van der Waals surface area contributed by atoms with Gasteiger partial charge < -0.3 is 9.47 Å². The first-order chi connectivity index (χ1) is 7.88. The molecule has 0 saturated carbocycles. The largest absolute Gasteiger partial charge is 0.497 e. The third-order valence-electron chi connectivity index (χ3n) is 3.03. The molecule has 1 aromatic carbocycles. The fraction of sp³-hybridized carbons (Fsp3) is 0.308. The molecule has 1 aliphatic heterocycles. The molecule has 1 aromatic heterocycles. The van der Waals surface area contributed by atoms with Crippen molar-refractivity contribution >= 4 is 10.9 Å². The van der Waals surface area contributed by atoms with Gasteiger partial charge in [0.05, 0.1) is 25.8 Å². The number of ether oxygens (including phenoxy) is 2. The average molecular weight is 215 g/mol. The Morgan fingerprint density at radius 3 is 3.19 bits per heavy atom. The molecule has 0 unspecified atom stereocenters. The van der Waals surface area contributed by atoms with Gasteiger partial charge in [-0.2, -0.15) is 0 Å². The smallest absolute Gasteiger partial charge is 0.119 e. The topological polar surface area (TPSA) is 31.4 Å². The van der Waals surface area contributed by atoms with Crippen molar-refractivity contribution in [2.45, 2.75) is 13.0 Å². The minimum Gasteiger partial charge on any atom is -0.497 e. The van der Waals surface area contributed by atoms with Crippen molar-refractivity contribution in [3.8, 4) is 5.75 Å². The van der Waals surface area contributed by atoms with Gasteiger partial charge in [0.15, 0.2) is 0 Å². The molecule has 1 aliphatic rings. The van der Waals surface area contributed by atoms with Crippen molar-refractivity contribution in [1.82, 2.24) is 4.98 Å². The maximum absolute atomic E-state index is 5.43. The predicted octanol–water partition coefficient (Wildman–Crippen LogP) is 2.32. The summed E-state index contributed by atoms with van der Waals surface area (Å²) >= 11 is 0. The summed E-state index contributed by atoms with van der Waals surface area (Å²) < 4.78 is 10.7. The van der Waals surface area contributed by atoms with Crippen LogP contribution in [0.2, 0.25) is 0 Å². The number of aromatic nitrogens is 1. The Bertz CT molecular complexity index is 531. The molecule has 0 fully saturated rings. The Morgan fingerprint density at radius 2 is 2.31 bits per heavy atom. The van der Waals surface area contributed by atoms with Gasteiger partial charge in [-0.3, -0.25) is 4.98 Å². The quantitative estimate of drug-likeness (QED) is 0.731. The molecule has 0 radical (unpaired) electrons. The lowest BCUT2D eigenvalue weighted by molar-refractivity contribution is 0.111. The van der Waals surface area contributed by atoms with E-state index in [9.17, 15) is 0 Å². The first-order valence-electron chi connectivity index (χ1n) is 5.41. The van der Waals surface area contributed by atoms with E-state index in [1.165, 1.54) is 16.5 Å². The highest BCUT2D eigenvalue weighted by atomic mass is 16.5. The van der Waals surface area contributed by atoms with Gasteiger partial charge in [-0.15, -0.1) is 0 Å². The van der Waals surface area contributed by atoms with E-state index in [2.05, 4.69) is 11.1 Å². The standard InChI is InChI=1S/C13H13NO2/c1-15-10-2-3-13-12(6-10)11-4-5-16-8-9(11)7-14-13/h2-3,6-7H,4-5,8H2,1H3. The number of fused-ring (bicyclic) bond motifs is 3. The summed E-state index contributed by atoms with van der Waals surface area (Å²) in [5.41, 5.74) is 3.59. The van der Waals surface area contributed by atoms with Crippen LogP contribution in [0.25, 0.3) is 10.9 Å². The molecular formula is C13H13NO2. The minimum atomic E-state index is 0.676. The molecule has 3 heteroatoms. The van der Waals surface area contributed by atoms with Crippen LogP contribution < -0.4 is 4.74 Å². The monoisotopic (exact) mass is 215 g/mol. The zero-order valence-corrected chi connectivity index (χ0v) is 9.19. The molecule has 0 saturated heterocycles. The average Bonchev–Trinajstić information content (AvgIpc) is 2.38. The predicted molar refractivity (Wildman–Crippen MR) is 61.7 cm³/mol. The van der Waals surface area contributed by atoms with E-state index in [0.717, 1.165) is 24.3 Å². The molecule has 82 valence electrons. The lowest BCUT2D eigenvalue weighted by atomic mass is 10.00. The van der Waals surface area contributed by atoms with Crippen LogP contribution in [0.3, 0.4) is 0 Å². The van der Waals surface area contributed by atoms with E-state index in [4.69, 9.17) is 9.47 Å². The number of rotatable bonds is 1. The first kappa shape index (κ1) is 9.60. The Labute approximate surface area is 94.0 Å². The highest BCUT2D eigenvalue weighted by molar-refractivity contribution is 5.84. The van der Waals surface area contributed by atoms with Crippen molar-refractivity contribution < 1.29 is 9.47 Å². The second kappa shape index (κ2) is 3.76. The maximum Gasteiger partial charge on any atom is 0.119 e. The second-order valence-electron chi connectivity index (χ2n) is 3.95. The molecule has 16 heavy (non-hydrogen) atoms. The van der Waals surface area contributed by atoms with Crippen LogP contribution >= 0.6 is 0 Å². The summed E-state index contributed by atoms with van der Waals surface area (Å²) in [6.07, 6.45) is 2.88. The van der Waals surface area contributed by atoms with Crippen LogP contribution in [0.5, 0.6) is 5.75 Å². The summed E-state index contributed by atoms with van der Waals surface area (Å²) in [4.78, 5) is 4.43. The highest BCUT2D eigenvalue weighted by Gasteiger charge is 2.13. The van der Waals surface area contributed by atoms with Crippen molar-refractivity contribution in [2.75, 3.05) is 13.7 Å². The fourth-order valence-corrected chi connectivity index (χ4v) is 2.17. The van der Waals surface area contributed by atoms with Crippen LogP contribution in [0.1, 0.15) is 11.1 Å². The second-order valence-corrected chi connectivity index (χ2v) is 3.95. The molecule has 3 rings (SSSR count). The highest BCUT2D eigenvalue weighted by Crippen LogP contribution is 2.27. The Kier molecular flexibility index (Phi) is 2.26. The summed E-state index contributed by atoms with van der Waals surface area (Å²) in [6, 6.07) is 6.01. The number of hydrogen-bond acceptors (Lipinski definition) is 3. The van der Waals surface area contributed by atoms with Gasteiger partial charge in [-0.1, -0.05) is 0 Å². The summed E-state index contributed by atoms with van der Waals surface area (Å²) in [5.74, 6) is 0.884. The number of methoxy groups -OCH3 is 1. The Hall–Kier alpha value is -1.61. The van der Waals surface area contributed by atoms with E-state index in [-0.39, 0.29) is 0 Å². The molecule has 0 bridgehead atoms. The molecule has 2 aromatic rings. The van der Waals surface area contributed by atoms with Crippen LogP contribution in [0.15, 0.2) is 24.4 Å². The van der Waals surface area contributed by atoms with Gasteiger partial charge in [0.1, 0.15) is 5.75 Å². The van der Waals surface area contributed by atoms with Crippen LogP contribution in [-0.4, -0.2) is 18.7 Å². The van der Waals surface area contributed by atoms with Gasteiger partial charge in [-0.05, 0) is 35.7 Å². The van der Waals surface area contributed by atoms with Gasteiger partial charge in [-0.25, -0.2) is 0 Å². The number of hydrogen-bond donors (Lipinski definition) is 0. The van der Waals surface area contributed by atoms with Gasteiger partial charge >= 0.3 is 0 Å². The Balaban J connectivity index is 2.27. The lowest BCUT2D eigenvalue weighted by Gasteiger charge is -2.18. The molecule has 2 heterocycles. The normalized spacial score (nSPS) is 14.8. The van der Waals surface area contributed by atoms with E-state index < -0.39 is 0 Å². The van der Waals surface area contributed by atoms with Crippen molar-refractivity contribution in [2.24, 2.45) is 0 Å². The zero-order chi connectivity index (χ0) is 11.0. The van der Waals surface area contributed by atoms with E-state index in [1.54, 1.807) is 7.11 Å². The van der Waals surface area contributed by atoms with E-state index in [0.29, 0.717) is 6.61 Å². The van der Waals surface area contributed by atoms with Crippen LogP contribution in [0.4, 0.5) is 0 Å². The SMILES string of the molecule is COc1ccc2ncc3c(c2c1)CCOC3. The minimum absolute atomic E-state index is 0.676. The molecule has 0 N–H and O–H groups in total. The molecule has 0 spiro atoms. The molecule has 0 aliphatic carbocycles. The molecular weight excluding hydrogens is 202 g/mol.